The molecule has 2 aromatic carbocycles. The van der Waals surface area contributed by atoms with Crippen molar-refractivity contribution in [1.29, 1.82) is 0 Å². The molecule has 3 N–H and O–H groups in total. The first kappa shape index (κ1) is 24.7. The molecule has 0 aliphatic carbocycles. The van der Waals surface area contributed by atoms with Gasteiger partial charge in [-0.2, -0.15) is 0 Å². The van der Waals surface area contributed by atoms with Crippen LogP contribution in [-0.4, -0.2) is 57.9 Å². The number of carbonyl (C=O) groups is 2. The predicted molar refractivity (Wildman–Crippen MR) is 126 cm³/mol. The monoisotopic (exact) mass is 454 g/mol. The number of aliphatic hydroxyl groups excluding tert-OH is 2. The lowest BCUT2D eigenvalue weighted by molar-refractivity contribution is -0.130. The van der Waals surface area contributed by atoms with Crippen molar-refractivity contribution in [1.82, 2.24) is 10.2 Å². The predicted octanol–water partition coefficient (Wildman–Crippen LogP) is 3.38. The van der Waals surface area contributed by atoms with E-state index in [1.165, 1.54) is 4.90 Å². The van der Waals surface area contributed by atoms with Gasteiger partial charge in [0, 0.05) is 6.54 Å². The molecule has 7 nitrogen and oxygen atoms in total. The van der Waals surface area contributed by atoms with Gasteiger partial charge in [-0.05, 0) is 50.7 Å². The number of nitrogens with one attached hydrogen (secondary N) is 1. The zero-order valence-corrected chi connectivity index (χ0v) is 19.5. The summed E-state index contributed by atoms with van der Waals surface area (Å²) in [5, 5.41) is 23.4. The Labute approximate surface area is 195 Å². The molecular formula is C26H34N2O5. The maximum absolute atomic E-state index is 13.4. The number of amides is 2. The van der Waals surface area contributed by atoms with Crippen LogP contribution in [0.3, 0.4) is 0 Å². The Hall–Kier alpha value is -2.90. The number of piperidine rings is 1. The molecule has 0 saturated carbocycles. The average Bonchev–Trinajstić information content (AvgIpc) is 2.81. The Morgan fingerprint density at radius 2 is 1.70 bits per heavy atom. The van der Waals surface area contributed by atoms with E-state index in [-0.39, 0.29) is 5.92 Å². The molecule has 1 heterocycles. The summed E-state index contributed by atoms with van der Waals surface area (Å²) in [6.07, 6.45) is -0.487. The van der Waals surface area contributed by atoms with Crippen LogP contribution >= 0.6 is 0 Å². The molecule has 7 heteroatoms. The van der Waals surface area contributed by atoms with Crippen LogP contribution in [0.4, 0.5) is 4.79 Å². The normalized spacial score (nSPS) is 20.6. The zero-order chi connectivity index (χ0) is 24.0. The Balaban J connectivity index is 1.80. The fraction of sp³-hybridized carbons (Fsp3) is 0.462. The van der Waals surface area contributed by atoms with Crippen LogP contribution < -0.4 is 5.32 Å². The van der Waals surface area contributed by atoms with Crippen LogP contribution in [0.15, 0.2) is 60.7 Å². The summed E-state index contributed by atoms with van der Waals surface area (Å²) in [4.78, 5) is 27.7. The molecular weight excluding hydrogens is 420 g/mol. The largest absolute Gasteiger partial charge is 0.444 e. The van der Waals surface area contributed by atoms with Crippen molar-refractivity contribution in [2.45, 2.75) is 63.3 Å². The van der Waals surface area contributed by atoms with Gasteiger partial charge < -0.3 is 20.3 Å². The van der Waals surface area contributed by atoms with Crippen molar-refractivity contribution in [3.8, 4) is 0 Å². The van der Waals surface area contributed by atoms with Gasteiger partial charge in [0.05, 0.1) is 12.6 Å². The van der Waals surface area contributed by atoms with E-state index in [0.717, 1.165) is 5.56 Å². The van der Waals surface area contributed by atoms with Gasteiger partial charge >= 0.3 is 6.09 Å². The summed E-state index contributed by atoms with van der Waals surface area (Å²) >= 11 is 0. The van der Waals surface area contributed by atoms with Gasteiger partial charge in [0.1, 0.15) is 17.7 Å². The molecule has 0 spiro atoms. The number of likely N-dealkylation sites (tertiary alicyclic amines) is 1. The highest BCUT2D eigenvalue weighted by Gasteiger charge is 2.39. The smallest absolute Gasteiger partial charge is 0.410 e. The van der Waals surface area contributed by atoms with Gasteiger partial charge in [-0.25, -0.2) is 4.79 Å². The maximum atomic E-state index is 13.4. The van der Waals surface area contributed by atoms with Gasteiger partial charge in [0.2, 0.25) is 5.91 Å². The van der Waals surface area contributed by atoms with E-state index in [0.29, 0.717) is 24.9 Å². The number of nitrogens with zero attached hydrogens (tertiary/aromatic N) is 1. The van der Waals surface area contributed by atoms with E-state index in [1.54, 1.807) is 45.0 Å². The topological polar surface area (TPSA) is 99.1 Å². The lowest BCUT2D eigenvalue weighted by Gasteiger charge is -2.40. The number of hydrogen-bond donors (Lipinski definition) is 3. The van der Waals surface area contributed by atoms with Crippen LogP contribution in [0, 0.1) is 0 Å². The first-order valence-electron chi connectivity index (χ1n) is 11.4. The average molecular weight is 455 g/mol. The van der Waals surface area contributed by atoms with Crippen molar-refractivity contribution >= 4 is 12.0 Å². The number of rotatable bonds is 6. The fourth-order valence-electron chi connectivity index (χ4n) is 4.17. The van der Waals surface area contributed by atoms with Gasteiger partial charge in [-0.1, -0.05) is 60.7 Å². The van der Waals surface area contributed by atoms with E-state index < -0.39 is 42.4 Å². The minimum absolute atomic E-state index is 0.104. The number of benzene rings is 2. The first-order chi connectivity index (χ1) is 15.7. The summed E-state index contributed by atoms with van der Waals surface area (Å²) < 4.78 is 5.55. The second-order valence-electron chi connectivity index (χ2n) is 9.47. The number of ether oxygens (including phenoxy) is 1. The number of hydrogen-bond acceptors (Lipinski definition) is 5. The molecule has 2 amide bonds. The van der Waals surface area contributed by atoms with E-state index in [1.807, 2.05) is 36.4 Å². The van der Waals surface area contributed by atoms with Crippen molar-refractivity contribution in [2.24, 2.45) is 0 Å². The Morgan fingerprint density at radius 1 is 1.09 bits per heavy atom. The van der Waals surface area contributed by atoms with E-state index in [4.69, 9.17) is 4.74 Å². The second kappa shape index (κ2) is 10.8. The molecule has 33 heavy (non-hydrogen) atoms. The molecule has 4 unspecified atom stereocenters. The van der Waals surface area contributed by atoms with Crippen LogP contribution in [0.25, 0.3) is 0 Å². The Morgan fingerprint density at radius 3 is 2.27 bits per heavy atom. The van der Waals surface area contributed by atoms with Crippen molar-refractivity contribution in [2.75, 3.05) is 13.2 Å². The molecule has 0 bridgehead atoms. The van der Waals surface area contributed by atoms with Gasteiger partial charge in [0.25, 0.3) is 0 Å². The molecule has 3 rings (SSSR count). The highest BCUT2D eigenvalue weighted by atomic mass is 16.6. The third kappa shape index (κ3) is 6.55. The van der Waals surface area contributed by atoms with Gasteiger partial charge in [-0.3, -0.25) is 9.69 Å². The van der Waals surface area contributed by atoms with E-state index in [9.17, 15) is 19.8 Å². The third-order valence-electron chi connectivity index (χ3n) is 5.85. The Kier molecular flexibility index (Phi) is 8.10. The molecule has 1 saturated heterocycles. The van der Waals surface area contributed by atoms with Crippen LogP contribution in [0.1, 0.15) is 56.8 Å². The zero-order valence-electron chi connectivity index (χ0n) is 19.5. The first-order valence-corrected chi connectivity index (χ1v) is 11.4. The van der Waals surface area contributed by atoms with E-state index >= 15 is 0 Å². The van der Waals surface area contributed by atoms with Crippen LogP contribution in [0.2, 0.25) is 0 Å². The van der Waals surface area contributed by atoms with E-state index in [2.05, 4.69) is 5.32 Å². The highest BCUT2D eigenvalue weighted by Crippen LogP contribution is 2.33. The SMILES string of the molecule is CC(C)(C)OC(=O)N1CCC(c2ccccc2)CC1C(=O)NC(CO)C(O)c1ccccc1. The van der Waals surface area contributed by atoms with Crippen molar-refractivity contribution < 1.29 is 24.5 Å². The maximum Gasteiger partial charge on any atom is 0.410 e. The minimum atomic E-state index is -1.08. The number of aliphatic hydroxyl groups is 2. The van der Waals surface area contributed by atoms with Gasteiger partial charge in [0.15, 0.2) is 0 Å². The fourth-order valence-corrected chi connectivity index (χ4v) is 4.17. The standard InChI is InChI=1S/C26H34N2O5/c1-26(2,3)33-25(32)28-15-14-20(18-10-6-4-7-11-18)16-22(28)24(31)27-21(17-29)23(30)19-12-8-5-9-13-19/h4-13,20-23,29-30H,14-17H2,1-3H3,(H,27,31). The molecule has 4 atom stereocenters. The molecule has 1 fully saturated rings. The molecule has 1 aliphatic heterocycles. The molecule has 178 valence electrons. The van der Waals surface area contributed by atoms with Crippen molar-refractivity contribution in [3.63, 3.8) is 0 Å². The molecule has 2 aromatic rings. The molecule has 0 radical (unpaired) electrons. The number of carbonyl (C=O) groups excluding carboxylic acids is 2. The lowest BCUT2D eigenvalue weighted by atomic mass is 9.85. The summed E-state index contributed by atoms with van der Waals surface area (Å²) in [7, 11) is 0. The quantitative estimate of drug-likeness (QED) is 0.622. The summed E-state index contributed by atoms with van der Waals surface area (Å²) in [6, 6.07) is 17.1. The molecule has 0 aromatic heterocycles. The highest BCUT2D eigenvalue weighted by molar-refractivity contribution is 5.86. The van der Waals surface area contributed by atoms with Crippen LogP contribution in [-0.2, 0) is 9.53 Å². The van der Waals surface area contributed by atoms with Crippen LogP contribution in [0.5, 0.6) is 0 Å². The summed E-state index contributed by atoms with van der Waals surface area (Å²) in [5.74, 6) is -0.317. The van der Waals surface area contributed by atoms with Gasteiger partial charge in [-0.15, -0.1) is 0 Å². The second-order valence-corrected chi connectivity index (χ2v) is 9.47. The minimum Gasteiger partial charge on any atom is -0.444 e. The third-order valence-corrected chi connectivity index (χ3v) is 5.85. The van der Waals surface area contributed by atoms with Crippen molar-refractivity contribution in [3.05, 3.63) is 71.8 Å². The summed E-state index contributed by atoms with van der Waals surface area (Å²) in [6.45, 7) is 5.29. The molecule has 1 aliphatic rings. The Bertz CT molecular complexity index is 913. The summed E-state index contributed by atoms with van der Waals surface area (Å²) in [5.41, 5.74) is 1.01. The lowest BCUT2D eigenvalue weighted by Crippen LogP contribution is -2.56.